The predicted molar refractivity (Wildman–Crippen MR) is 118 cm³/mol. The highest BCUT2D eigenvalue weighted by molar-refractivity contribution is 14.0. The van der Waals surface area contributed by atoms with Gasteiger partial charge in [-0.05, 0) is 24.5 Å². The second-order valence-electron chi connectivity index (χ2n) is 5.88. The summed E-state index contributed by atoms with van der Waals surface area (Å²) in [5.41, 5.74) is 2.76. The molecule has 2 aromatic rings. The normalized spacial score (nSPS) is 14.7. The molecule has 0 saturated carbocycles. The zero-order valence-electron chi connectivity index (χ0n) is 14.7. The fraction of sp³-hybridized carbons (Fsp3) is 0.368. The number of benzene rings is 1. The molecule has 134 valence electrons. The van der Waals surface area contributed by atoms with Crippen LogP contribution in [0.5, 0.6) is 0 Å². The Bertz CT molecular complexity index is 724. The number of hydrogen-bond acceptors (Lipinski definition) is 3. The second-order valence-corrected chi connectivity index (χ2v) is 7.20. The van der Waals surface area contributed by atoms with E-state index in [1.807, 2.05) is 13.2 Å². The van der Waals surface area contributed by atoms with E-state index in [0.717, 1.165) is 38.4 Å². The lowest BCUT2D eigenvalue weighted by Gasteiger charge is -2.29. The summed E-state index contributed by atoms with van der Waals surface area (Å²) in [6.07, 6.45) is 6.25. The minimum Gasteiger partial charge on any atom is -0.356 e. The van der Waals surface area contributed by atoms with Crippen LogP contribution in [0.25, 0.3) is 5.57 Å². The Morgan fingerprint density at radius 1 is 1.32 bits per heavy atom. The van der Waals surface area contributed by atoms with Gasteiger partial charge in [0, 0.05) is 44.2 Å². The highest BCUT2D eigenvalue weighted by Crippen LogP contribution is 2.21. The van der Waals surface area contributed by atoms with Crippen molar-refractivity contribution in [1.29, 1.82) is 0 Å². The zero-order valence-corrected chi connectivity index (χ0v) is 17.9. The molecule has 0 atom stereocenters. The summed E-state index contributed by atoms with van der Waals surface area (Å²) < 4.78 is 0. The van der Waals surface area contributed by atoms with Gasteiger partial charge in [0.1, 0.15) is 0 Å². The smallest absolute Gasteiger partial charge is 0.193 e. The van der Waals surface area contributed by atoms with Crippen LogP contribution >= 0.6 is 35.3 Å². The van der Waals surface area contributed by atoms with Crippen molar-refractivity contribution in [2.24, 2.45) is 4.99 Å². The van der Waals surface area contributed by atoms with Gasteiger partial charge in [0.05, 0.1) is 5.01 Å². The molecule has 6 heteroatoms. The quantitative estimate of drug-likeness (QED) is 0.420. The van der Waals surface area contributed by atoms with Crippen molar-refractivity contribution in [3.63, 3.8) is 0 Å². The third kappa shape index (κ3) is 5.54. The Hall–Kier alpha value is -1.41. The summed E-state index contributed by atoms with van der Waals surface area (Å²) in [5, 5.41) is 4.65. The lowest BCUT2D eigenvalue weighted by molar-refractivity contribution is 0.440. The average Bonchev–Trinajstić information content (AvgIpc) is 3.05. The maximum atomic E-state index is 4.43. The van der Waals surface area contributed by atoms with Gasteiger partial charge in [-0.3, -0.25) is 4.99 Å². The predicted octanol–water partition coefficient (Wildman–Crippen LogP) is 3.98. The number of thiazole rings is 1. The number of nitrogens with zero attached hydrogens (tertiary/aromatic N) is 3. The van der Waals surface area contributed by atoms with Gasteiger partial charge in [0.2, 0.25) is 0 Å². The van der Waals surface area contributed by atoms with Crippen LogP contribution in [0.1, 0.15) is 21.9 Å². The first-order valence-corrected chi connectivity index (χ1v) is 9.19. The maximum Gasteiger partial charge on any atom is 0.193 e. The molecule has 1 aliphatic heterocycles. The van der Waals surface area contributed by atoms with E-state index in [1.54, 1.807) is 11.3 Å². The molecular formula is C19H25IN4S. The van der Waals surface area contributed by atoms with E-state index in [0.29, 0.717) is 0 Å². The van der Waals surface area contributed by atoms with E-state index < -0.39 is 0 Å². The van der Waals surface area contributed by atoms with Crippen LogP contribution in [0.2, 0.25) is 0 Å². The van der Waals surface area contributed by atoms with E-state index in [4.69, 9.17) is 0 Å². The van der Waals surface area contributed by atoms with Gasteiger partial charge in [-0.1, -0.05) is 36.4 Å². The van der Waals surface area contributed by atoms with Gasteiger partial charge in [0.15, 0.2) is 5.96 Å². The zero-order chi connectivity index (χ0) is 16.8. The van der Waals surface area contributed by atoms with Crippen molar-refractivity contribution in [1.82, 2.24) is 15.2 Å². The third-order valence-electron chi connectivity index (χ3n) is 4.16. The molecule has 0 amide bonds. The molecule has 0 aliphatic carbocycles. The lowest BCUT2D eigenvalue weighted by atomic mass is 10.00. The van der Waals surface area contributed by atoms with Crippen LogP contribution in [-0.2, 0) is 6.42 Å². The van der Waals surface area contributed by atoms with Crippen LogP contribution in [0.3, 0.4) is 0 Å². The third-order valence-corrected chi connectivity index (χ3v) is 5.13. The fourth-order valence-electron chi connectivity index (χ4n) is 2.91. The molecule has 2 heterocycles. The first-order valence-electron chi connectivity index (χ1n) is 8.37. The first-order chi connectivity index (χ1) is 11.8. The minimum absolute atomic E-state index is 0. The SMILES string of the molecule is CN=C(NCCc1ncc(C)s1)N1CC=C(c2ccccc2)CC1.I. The summed E-state index contributed by atoms with van der Waals surface area (Å²) in [6.45, 7) is 4.86. The van der Waals surface area contributed by atoms with E-state index in [2.05, 4.69) is 63.5 Å². The Labute approximate surface area is 171 Å². The summed E-state index contributed by atoms with van der Waals surface area (Å²) in [5.74, 6) is 0.978. The molecule has 0 saturated heterocycles. The van der Waals surface area contributed by atoms with Crippen LogP contribution in [0, 0.1) is 6.92 Å². The van der Waals surface area contributed by atoms with Crippen molar-refractivity contribution >= 4 is 46.8 Å². The molecule has 1 aromatic heterocycles. The number of guanidine groups is 1. The average molecular weight is 468 g/mol. The minimum atomic E-state index is 0. The van der Waals surface area contributed by atoms with Gasteiger partial charge in [0.25, 0.3) is 0 Å². The van der Waals surface area contributed by atoms with Crippen molar-refractivity contribution in [3.05, 3.63) is 58.1 Å². The van der Waals surface area contributed by atoms with Gasteiger partial charge in [-0.15, -0.1) is 35.3 Å². The lowest BCUT2D eigenvalue weighted by Crippen LogP contribution is -2.44. The summed E-state index contributed by atoms with van der Waals surface area (Å²) >= 11 is 1.77. The van der Waals surface area contributed by atoms with Gasteiger partial charge < -0.3 is 10.2 Å². The molecule has 1 aliphatic rings. The number of aromatic nitrogens is 1. The van der Waals surface area contributed by atoms with Crippen molar-refractivity contribution in [2.45, 2.75) is 19.8 Å². The van der Waals surface area contributed by atoms with Gasteiger partial charge in [-0.25, -0.2) is 4.98 Å². The van der Waals surface area contributed by atoms with E-state index in [-0.39, 0.29) is 24.0 Å². The Morgan fingerprint density at radius 3 is 2.72 bits per heavy atom. The first kappa shape index (κ1) is 19.9. The monoisotopic (exact) mass is 468 g/mol. The number of hydrogen-bond donors (Lipinski definition) is 1. The number of aryl methyl sites for hydroxylation is 1. The Balaban J connectivity index is 0.00000225. The second kappa shape index (κ2) is 9.91. The van der Waals surface area contributed by atoms with Crippen LogP contribution < -0.4 is 5.32 Å². The van der Waals surface area contributed by atoms with Gasteiger partial charge in [-0.2, -0.15) is 0 Å². The maximum absolute atomic E-state index is 4.43. The molecule has 25 heavy (non-hydrogen) atoms. The summed E-state index contributed by atoms with van der Waals surface area (Å²) in [7, 11) is 1.85. The molecule has 1 aromatic carbocycles. The number of nitrogens with one attached hydrogen (secondary N) is 1. The molecule has 1 N–H and O–H groups in total. The van der Waals surface area contributed by atoms with Crippen molar-refractivity contribution in [3.8, 4) is 0 Å². The number of aliphatic imine (C=N–C) groups is 1. The fourth-order valence-corrected chi connectivity index (χ4v) is 3.69. The molecule has 0 unspecified atom stereocenters. The number of halogens is 1. The van der Waals surface area contributed by atoms with Crippen LogP contribution in [-0.4, -0.2) is 42.5 Å². The molecule has 0 fully saturated rings. The topological polar surface area (TPSA) is 40.5 Å². The van der Waals surface area contributed by atoms with Crippen LogP contribution in [0.15, 0.2) is 47.6 Å². The highest BCUT2D eigenvalue weighted by atomic mass is 127. The van der Waals surface area contributed by atoms with E-state index in [1.165, 1.54) is 21.0 Å². The van der Waals surface area contributed by atoms with E-state index >= 15 is 0 Å². The van der Waals surface area contributed by atoms with E-state index in [9.17, 15) is 0 Å². The highest BCUT2D eigenvalue weighted by Gasteiger charge is 2.15. The molecular weight excluding hydrogens is 443 g/mol. The largest absolute Gasteiger partial charge is 0.356 e. The standard InChI is InChI=1S/C19H24N4S.HI/c1-15-14-22-18(24-15)8-11-21-19(20-2)23-12-9-17(10-13-23)16-6-4-3-5-7-16;/h3-7,9,14H,8,10-13H2,1-2H3,(H,20,21);1H. The van der Waals surface area contributed by atoms with Crippen LogP contribution in [0.4, 0.5) is 0 Å². The van der Waals surface area contributed by atoms with Gasteiger partial charge >= 0.3 is 0 Å². The van der Waals surface area contributed by atoms with Crippen molar-refractivity contribution in [2.75, 3.05) is 26.7 Å². The number of rotatable bonds is 4. The molecule has 0 radical (unpaired) electrons. The Kier molecular flexibility index (Phi) is 7.90. The Morgan fingerprint density at radius 2 is 2.12 bits per heavy atom. The molecule has 4 nitrogen and oxygen atoms in total. The van der Waals surface area contributed by atoms with Crippen molar-refractivity contribution < 1.29 is 0 Å². The molecule has 3 rings (SSSR count). The molecule has 0 spiro atoms. The summed E-state index contributed by atoms with van der Waals surface area (Å²) in [6, 6.07) is 10.6. The molecule has 0 bridgehead atoms. The summed E-state index contributed by atoms with van der Waals surface area (Å²) in [4.78, 5) is 12.4.